The maximum absolute atomic E-state index is 11.5. The third-order valence-corrected chi connectivity index (χ3v) is 3.16. The first-order valence-electron chi connectivity index (χ1n) is 7.10. The van der Waals surface area contributed by atoms with Crippen LogP contribution >= 0.6 is 0 Å². The van der Waals surface area contributed by atoms with Gasteiger partial charge in [-0.2, -0.15) is 0 Å². The normalized spacial score (nSPS) is 12.9. The number of allylic oxidation sites excluding steroid dienone is 1. The van der Waals surface area contributed by atoms with Crippen LogP contribution in [0.2, 0.25) is 0 Å². The van der Waals surface area contributed by atoms with Gasteiger partial charge in [-0.25, -0.2) is 4.79 Å². The van der Waals surface area contributed by atoms with Crippen molar-refractivity contribution in [3.8, 4) is 5.75 Å². The van der Waals surface area contributed by atoms with Crippen LogP contribution in [0, 0.1) is 6.92 Å². The highest BCUT2D eigenvalue weighted by Crippen LogP contribution is 2.24. The fourth-order valence-corrected chi connectivity index (χ4v) is 1.91. The van der Waals surface area contributed by atoms with Gasteiger partial charge in [-0.3, -0.25) is 0 Å². The smallest absolute Gasteiger partial charge is 0.331 e. The van der Waals surface area contributed by atoms with Gasteiger partial charge in [0.1, 0.15) is 5.75 Å². The molecule has 3 nitrogen and oxygen atoms in total. The van der Waals surface area contributed by atoms with Crippen LogP contribution in [0.1, 0.15) is 45.2 Å². The van der Waals surface area contributed by atoms with Gasteiger partial charge in [0.15, 0.2) is 0 Å². The van der Waals surface area contributed by atoms with E-state index in [0.717, 1.165) is 28.9 Å². The van der Waals surface area contributed by atoms with Gasteiger partial charge < -0.3 is 9.47 Å². The van der Waals surface area contributed by atoms with Crippen molar-refractivity contribution in [2.45, 2.75) is 47.1 Å². The third-order valence-electron chi connectivity index (χ3n) is 3.16. The molecule has 0 fully saturated rings. The summed E-state index contributed by atoms with van der Waals surface area (Å²) < 4.78 is 10.7. The Morgan fingerprint density at radius 1 is 1.35 bits per heavy atom. The SMILES string of the molecule is CCOC(=O)/C=C(\C)c1ccc(OC(C)CC)cc1C. The Labute approximate surface area is 121 Å². The van der Waals surface area contributed by atoms with E-state index >= 15 is 0 Å². The first-order chi connectivity index (χ1) is 9.47. The predicted molar refractivity (Wildman–Crippen MR) is 81.8 cm³/mol. The van der Waals surface area contributed by atoms with Crippen molar-refractivity contribution in [1.82, 2.24) is 0 Å². The molecule has 3 heteroatoms. The quantitative estimate of drug-likeness (QED) is 0.578. The van der Waals surface area contributed by atoms with E-state index in [9.17, 15) is 4.79 Å². The molecular formula is C17H24O3. The van der Waals surface area contributed by atoms with Gasteiger partial charge in [0, 0.05) is 6.08 Å². The highest BCUT2D eigenvalue weighted by Gasteiger charge is 2.07. The molecule has 0 bridgehead atoms. The zero-order chi connectivity index (χ0) is 15.1. The van der Waals surface area contributed by atoms with Crippen molar-refractivity contribution < 1.29 is 14.3 Å². The average Bonchev–Trinajstić information content (AvgIpc) is 2.38. The average molecular weight is 276 g/mol. The number of esters is 1. The minimum Gasteiger partial charge on any atom is -0.491 e. The molecule has 1 aromatic rings. The Morgan fingerprint density at radius 3 is 2.60 bits per heavy atom. The third kappa shape index (κ3) is 4.72. The second-order valence-electron chi connectivity index (χ2n) is 4.89. The van der Waals surface area contributed by atoms with Crippen molar-refractivity contribution in [1.29, 1.82) is 0 Å². The van der Waals surface area contributed by atoms with E-state index < -0.39 is 0 Å². The lowest BCUT2D eigenvalue weighted by atomic mass is 10.0. The minimum absolute atomic E-state index is 0.205. The maximum Gasteiger partial charge on any atom is 0.331 e. The van der Waals surface area contributed by atoms with Crippen LogP contribution in [0.15, 0.2) is 24.3 Å². The molecule has 20 heavy (non-hydrogen) atoms. The first kappa shape index (κ1) is 16.3. The zero-order valence-electron chi connectivity index (χ0n) is 13.0. The molecule has 0 aliphatic rings. The van der Waals surface area contributed by atoms with E-state index in [1.54, 1.807) is 6.92 Å². The number of hydrogen-bond donors (Lipinski definition) is 0. The second kappa shape index (κ2) is 7.73. The second-order valence-corrected chi connectivity index (χ2v) is 4.89. The summed E-state index contributed by atoms with van der Waals surface area (Å²) in [5.74, 6) is 0.564. The lowest BCUT2D eigenvalue weighted by Crippen LogP contribution is -2.09. The van der Waals surface area contributed by atoms with Gasteiger partial charge in [0.25, 0.3) is 0 Å². The van der Waals surface area contributed by atoms with Gasteiger partial charge in [0.05, 0.1) is 12.7 Å². The first-order valence-corrected chi connectivity index (χ1v) is 7.10. The summed E-state index contributed by atoms with van der Waals surface area (Å²) in [6.07, 6.45) is 2.71. The van der Waals surface area contributed by atoms with Gasteiger partial charge in [0.2, 0.25) is 0 Å². The molecule has 0 aliphatic heterocycles. The van der Waals surface area contributed by atoms with Crippen LogP contribution in [0.4, 0.5) is 0 Å². The van der Waals surface area contributed by atoms with Gasteiger partial charge >= 0.3 is 5.97 Å². The van der Waals surface area contributed by atoms with Crippen LogP contribution in [0.25, 0.3) is 5.57 Å². The maximum atomic E-state index is 11.5. The van der Waals surface area contributed by atoms with Gasteiger partial charge in [-0.1, -0.05) is 13.0 Å². The van der Waals surface area contributed by atoms with Crippen molar-refractivity contribution in [2.75, 3.05) is 6.61 Å². The monoisotopic (exact) mass is 276 g/mol. The lowest BCUT2D eigenvalue weighted by Gasteiger charge is -2.14. The Bertz CT molecular complexity index is 489. The number of benzene rings is 1. The van der Waals surface area contributed by atoms with Crippen LogP contribution < -0.4 is 4.74 Å². The van der Waals surface area contributed by atoms with Crippen molar-refractivity contribution in [3.05, 3.63) is 35.4 Å². The van der Waals surface area contributed by atoms with Gasteiger partial charge in [-0.05, 0) is 62.9 Å². The molecule has 1 atom stereocenters. The summed E-state index contributed by atoms with van der Waals surface area (Å²) in [6.45, 7) is 10.3. The molecule has 0 N–H and O–H groups in total. The molecule has 1 unspecified atom stereocenters. The topological polar surface area (TPSA) is 35.5 Å². The Hall–Kier alpha value is -1.77. The van der Waals surface area contributed by atoms with Crippen LogP contribution in [0.3, 0.4) is 0 Å². The van der Waals surface area contributed by atoms with Crippen molar-refractivity contribution >= 4 is 11.5 Å². The van der Waals surface area contributed by atoms with E-state index in [1.807, 2.05) is 32.0 Å². The summed E-state index contributed by atoms with van der Waals surface area (Å²) in [4.78, 5) is 11.5. The molecule has 1 rings (SSSR count). The van der Waals surface area contributed by atoms with E-state index in [4.69, 9.17) is 9.47 Å². The van der Waals surface area contributed by atoms with E-state index in [2.05, 4.69) is 13.8 Å². The molecule has 110 valence electrons. The van der Waals surface area contributed by atoms with Crippen LogP contribution in [0.5, 0.6) is 5.75 Å². The van der Waals surface area contributed by atoms with Gasteiger partial charge in [-0.15, -0.1) is 0 Å². The number of carbonyl (C=O) groups excluding carboxylic acids is 1. The molecule has 0 radical (unpaired) electrons. The van der Waals surface area contributed by atoms with E-state index in [1.165, 1.54) is 6.08 Å². The number of ether oxygens (including phenoxy) is 2. The van der Waals surface area contributed by atoms with Crippen molar-refractivity contribution in [2.24, 2.45) is 0 Å². The summed E-state index contributed by atoms with van der Waals surface area (Å²) in [7, 11) is 0. The summed E-state index contributed by atoms with van der Waals surface area (Å²) in [5, 5.41) is 0. The Morgan fingerprint density at radius 2 is 2.05 bits per heavy atom. The molecule has 0 heterocycles. The largest absolute Gasteiger partial charge is 0.491 e. The fourth-order valence-electron chi connectivity index (χ4n) is 1.91. The number of rotatable bonds is 6. The lowest BCUT2D eigenvalue weighted by molar-refractivity contribution is -0.137. The highest BCUT2D eigenvalue weighted by molar-refractivity contribution is 5.91. The summed E-state index contributed by atoms with van der Waals surface area (Å²) in [5.41, 5.74) is 3.02. The van der Waals surface area contributed by atoms with Crippen LogP contribution in [-0.4, -0.2) is 18.7 Å². The predicted octanol–water partition coefficient (Wildman–Crippen LogP) is 4.14. The molecule has 0 amide bonds. The summed E-state index contributed by atoms with van der Waals surface area (Å²) in [6, 6.07) is 5.93. The molecular weight excluding hydrogens is 252 g/mol. The molecule has 0 saturated carbocycles. The molecule has 0 spiro atoms. The standard InChI is InChI=1S/C17H24O3/c1-6-14(5)20-15-8-9-16(12(3)10-15)13(4)11-17(18)19-7-2/h8-11,14H,6-7H2,1-5H3/b13-11+. The molecule has 0 saturated heterocycles. The Kier molecular flexibility index (Phi) is 6.29. The molecule has 1 aromatic carbocycles. The zero-order valence-corrected chi connectivity index (χ0v) is 13.0. The van der Waals surface area contributed by atoms with Crippen molar-refractivity contribution in [3.63, 3.8) is 0 Å². The molecule has 0 aromatic heterocycles. The van der Waals surface area contributed by atoms with Crippen LogP contribution in [-0.2, 0) is 9.53 Å². The number of hydrogen-bond acceptors (Lipinski definition) is 3. The molecule has 0 aliphatic carbocycles. The number of aryl methyl sites for hydroxylation is 1. The van der Waals surface area contributed by atoms with E-state index in [-0.39, 0.29) is 12.1 Å². The number of carbonyl (C=O) groups is 1. The van der Waals surface area contributed by atoms with E-state index in [0.29, 0.717) is 6.61 Å². The fraction of sp³-hybridized carbons (Fsp3) is 0.471. The summed E-state index contributed by atoms with van der Waals surface area (Å²) >= 11 is 0. The Balaban J connectivity index is 2.90. The highest BCUT2D eigenvalue weighted by atomic mass is 16.5. The minimum atomic E-state index is -0.302.